The van der Waals surface area contributed by atoms with Crippen LogP contribution in [0.5, 0.6) is 0 Å². The molecule has 0 saturated carbocycles. The van der Waals surface area contributed by atoms with Gasteiger partial charge in [0.2, 0.25) is 0 Å². The summed E-state index contributed by atoms with van der Waals surface area (Å²) in [6, 6.07) is 38.7. The molecule has 0 amide bonds. The first-order chi connectivity index (χ1) is 19.7. The zero-order chi connectivity index (χ0) is 27.1. The molecule has 0 atom stereocenters. The molecule has 7 nitrogen and oxygen atoms in total. The van der Waals surface area contributed by atoms with E-state index in [0.29, 0.717) is 56.2 Å². The fourth-order valence-corrected chi connectivity index (χ4v) is 4.91. The number of hydrogen-bond acceptors (Lipinski definition) is 5. The van der Waals surface area contributed by atoms with Crippen LogP contribution < -0.4 is 37.2 Å². The van der Waals surface area contributed by atoms with E-state index in [-0.39, 0.29) is 89.9 Å². The molecule has 0 aliphatic heterocycles. The van der Waals surface area contributed by atoms with Crippen molar-refractivity contribution in [1.82, 2.24) is 24.1 Å². The van der Waals surface area contributed by atoms with Crippen LogP contribution in [0, 0.1) is 40.8 Å². The molecule has 3 aromatic heterocycles. The molecule has 0 aliphatic rings. The smallest absolute Gasteiger partial charge is 1.00 e. The van der Waals surface area contributed by atoms with E-state index in [1.165, 1.54) is 0 Å². The molecular weight excluding hydrogens is 749 g/mol. The van der Waals surface area contributed by atoms with Crippen molar-refractivity contribution in [2.45, 2.75) is 0 Å². The number of nitrogens with zero attached hydrogens (tertiary/aromatic N) is 5. The topological polar surface area (TPSA) is 82.7 Å². The predicted octanol–water partition coefficient (Wildman–Crippen LogP) is -2.50. The van der Waals surface area contributed by atoms with E-state index in [4.69, 9.17) is 15.0 Å². The maximum Gasteiger partial charge on any atom is 3.00 e. The fraction of sp³-hybridized carbons (Fsp3) is 0. The minimum Gasteiger partial charge on any atom is -1.00 e. The summed E-state index contributed by atoms with van der Waals surface area (Å²) >= 11 is 0. The van der Waals surface area contributed by atoms with Gasteiger partial charge in [0.15, 0.2) is 11.6 Å². The zero-order valence-electron chi connectivity index (χ0n) is 22.8. The van der Waals surface area contributed by atoms with Crippen LogP contribution in [0.2, 0.25) is 0 Å². The molecule has 0 aliphatic carbocycles. The Morgan fingerprint density at radius 1 is 0.432 bits per heavy atom. The van der Waals surface area contributed by atoms with E-state index in [1.807, 2.05) is 103 Å². The first-order valence-electron chi connectivity index (χ1n) is 12.8. The van der Waals surface area contributed by atoms with Crippen molar-refractivity contribution < 1.29 is 87.6 Å². The van der Waals surface area contributed by atoms with E-state index in [0.717, 1.165) is 0 Å². The summed E-state index contributed by atoms with van der Waals surface area (Å²) in [5.74, 6) is 0.411. The minimum absolute atomic E-state index is 0. The van der Waals surface area contributed by atoms with Crippen molar-refractivity contribution in [2.24, 2.45) is 0 Å². The Morgan fingerprint density at radius 3 is 1.20 bits per heavy atom. The third kappa shape index (κ3) is 6.34. The Kier molecular flexibility index (Phi) is 11.9. The van der Waals surface area contributed by atoms with E-state index >= 15 is 0 Å². The summed E-state index contributed by atoms with van der Waals surface area (Å²) in [5, 5.41) is 0. The van der Waals surface area contributed by atoms with E-state index in [2.05, 4.69) is 0 Å². The van der Waals surface area contributed by atoms with Crippen LogP contribution in [0.4, 0.5) is 0 Å². The number of imidazole rings is 2. The summed E-state index contributed by atoms with van der Waals surface area (Å²) in [4.78, 5) is 41.9. The summed E-state index contributed by atoms with van der Waals surface area (Å²) < 4.78 is 3.18. The molecule has 7 aromatic rings. The molecule has 11 heteroatoms. The van der Waals surface area contributed by atoms with Gasteiger partial charge in [-0.15, -0.1) is 0 Å². The van der Waals surface area contributed by atoms with Crippen LogP contribution in [-0.4, -0.2) is 35.9 Å². The van der Waals surface area contributed by atoms with Crippen molar-refractivity contribution in [3.05, 3.63) is 139 Å². The van der Waals surface area contributed by atoms with Gasteiger partial charge in [-0.2, -0.15) is 0 Å². The van der Waals surface area contributed by atoms with Crippen molar-refractivity contribution in [2.75, 3.05) is 0 Å². The third-order valence-corrected chi connectivity index (χ3v) is 6.78. The standard InChI is InChI=1S/C33H21N5O2.3ClH.Nd/c39-32(22-12-3-1-4-13-22)37-28-20-9-7-16-24(28)35-30(37)26-18-11-19-27(34-26)31-36-25-17-8-10-21-29(25)38(31)33(40)23-14-5-2-6-15-23;;;;/h1-21H;3*1H;/q;;;;+3/p-3. The first kappa shape index (κ1) is 35.0. The average Bonchev–Trinajstić information content (AvgIpc) is 3.61. The normalized spacial score (nSPS) is 10.2. The zero-order valence-corrected chi connectivity index (χ0v) is 28.3. The van der Waals surface area contributed by atoms with Crippen LogP contribution in [-0.2, 0) is 0 Å². The molecule has 44 heavy (non-hydrogen) atoms. The first-order valence-corrected chi connectivity index (χ1v) is 12.8. The predicted molar refractivity (Wildman–Crippen MR) is 154 cm³/mol. The molecule has 0 N–H and O–H groups in total. The molecule has 1 radical (unpaired) electrons. The molecule has 3 heterocycles. The number of fused-ring (bicyclic) bond motifs is 2. The molecule has 7 rings (SSSR count). The van der Waals surface area contributed by atoms with E-state index in [9.17, 15) is 9.59 Å². The molecule has 0 spiro atoms. The number of carbonyl (C=O) groups is 2. The van der Waals surface area contributed by atoms with Crippen molar-refractivity contribution in [3.63, 3.8) is 0 Å². The van der Waals surface area contributed by atoms with Crippen LogP contribution in [0.1, 0.15) is 20.7 Å². The molecule has 4 aromatic carbocycles. The Bertz CT molecular complexity index is 1920. The Balaban J connectivity index is 0.00000132. The molecule has 0 bridgehead atoms. The Labute approximate surface area is 304 Å². The summed E-state index contributed by atoms with van der Waals surface area (Å²) in [7, 11) is 0. The number of carbonyl (C=O) groups excluding carboxylic acids is 2. The quantitative estimate of drug-likeness (QED) is 0.198. The maximum absolute atomic E-state index is 13.7. The second-order valence-corrected chi connectivity index (χ2v) is 9.27. The number of aromatic nitrogens is 5. The molecular formula is C33H21Cl3N5NdO2. The number of pyridine rings is 1. The maximum atomic E-state index is 13.7. The molecule has 0 unspecified atom stereocenters. The van der Waals surface area contributed by atoms with Gasteiger partial charge in [0, 0.05) is 11.1 Å². The molecule has 0 fully saturated rings. The number of halogens is 3. The fourth-order valence-electron chi connectivity index (χ4n) is 4.91. The van der Waals surface area contributed by atoms with Crippen LogP contribution >= 0.6 is 0 Å². The van der Waals surface area contributed by atoms with Gasteiger partial charge in [0.1, 0.15) is 11.4 Å². The molecule has 0 saturated heterocycles. The van der Waals surface area contributed by atoms with Crippen molar-refractivity contribution in [3.8, 4) is 23.0 Å². The second-order valence-electron chi connectivity index (χ2n) is 9.27. The van der Waals surface area contributed by atoms with Gasteiger partial charge in [0.25, 0.3) is 11.8 Å². The van der Waals surface area contributed by atoms with Crippen LogP contribution in [0.25, 0.3) is 45.1 Å². The summed E-state index contributed by atoms with van der Waals surface area (Å²) in [6.07, 6.45) is 0. The monoisotopic (exact) mass is 766 g/mol. The van der Waals surface area contributed by atoms with Gasteiger partial charge < -0.3 is 37.2 Å². The minimum atomic E-state index is -0.206. The van der Waals surface area contributed by atoms with Crippen molar-refractivity contribution in [1.29, 1.82) is 0 Å². The van der Waals surface area contributed by atoms with Gasteiger partial charge >= 0.3 is 40.8 Å². The van der Waals surface area contributed by atoms with E-state index < -0.39 is 0 Å². The largest absolute Gasteiger partial charge is 3.00 e. The van der Waals surface area contributed by atoms with Gasteiger partial charge in [0.05, 0.1) is 22.1 Å². The van der Waals surface area contributed by atoms with Crippen molar-refractivity contribution >= 4 is 33.9 Å². The Hall–Kier alpha value is -3.47. The average molecular weight is 770 g/mol. The van der Waals surface area contributed by atoms with Gasteiger partial charge in [-0.3, -0.25) is 18.7 Å². The van der Waals surface area contributed by atoms with E-state index in [1.54, 1.807) is 33.4 Å². The summed E-state index contributed by atoms with van der Waals surface area (Å²) in [5.41, 5.74) is 4.79. The van der Waals surface area contributed by atoms with Gasteiger partial charge in [-0.05, 0) is 60.7 Å². The number of para-hydroxylation sites is 4. The number of benzene rings is 4. The number of hydrogen-bond donors (Lipinski definition) is 0. The molecule has 215 valence electrons. The Morgan fingerprint density at radius 2 is 0.795 bits per heavy atom. The summed E-state index contributed by atoms with van der Waals surface area (Å²) in [6.45, 7) is 0. The SMILES string of the molecule is O=C(c1ccccc1)n1c(-c2cccc(-c3nc4ccccc4n3C(=O)c3ccccc3)n2)nc2ccccc21.[Cl-].[Cl-].[Cl-].[Nd+3]. The van der Waals surface area contributed by atoms with Crippen LogP contribution in [0.3, 0.4) is 0 Å². The third-order valence-electron chi connectivity index (χ3n) is 6.78. The van der Waals surface area contributed by atoms with Gasteiger partial charge in [-0.1, -0.05) is 66.7 Å². The number of rotatable bonds is 4. The second kappa shape index (κ2) is 15.0. The van der Waals surface area contributed by atoms with Gasteiger partial charge in [-0.25, -0.2) is 15.0 Å². The van der Waals surface area contributed by atoms with Crippen LogP contribution in [0.15, 0.2) is 127 Å².